The summed E-state index contributed by atoms with van der Waals surface area (Å²) in [6.07, 6.45) is 1.70. The Bertz CT molecular complexity index is 541. The molecule has 0 aliphatic heterocycles. The fourth-order valence-corrected chi connectivity index (χ4v) is 2.17. The molecule has 96 valence electrons. The lowest BCUT2D eigenvalue weighted by Crippen LogP contribution is -2.04. The number of nitrogens with zero attached hydrogens (tertiary/aromatic N) is 1. The third-order valence-corrected chi connectivity index (χ3v) is 3.49. The third kappa shape index (κ3) is 2.62. The highest BCUT2D eigenvalue weighted by molar-refractivity contribution is 5.36. The molecule has 2 rings (SSSR count). The quantitative estimate of drug-likeness (QED) is 0.866. The third-order valence-electron chi connectivity index (χ3n) is 3.49. The molecule has 1 aromatic carbocycles. The van der Waals surface area contributed by atoms with Crippen LogP contribution in [0, 0.1) is 20.8 Å². The summed E-state index contributed by atoms with van der Waals surface area (Å²) in [7, 11) is 0. The first-order valence-electron chi connectivity index (χ1n) is 6.41. The van der Waals surface area contributed by atoms with Gasteiger partial charge in [0.15, 0.2) is 0 Å². The zero-order valence-corrected chi connectivity index (χ0v) is 11.4. The predicted molar refractivity (Wildman–Crippen MR) is 74.8 cm³/mol. The van der Waals surface area contributed by atoms with Crippen LogP contribution in [0.25, 0.3) is 0 Å². The first-order valence-corrected chi connectivity index (χ1v) is 6.41. The van der Waals surface area contributed by atoms with Crippen LogP contribution >= 0.6 is 0 Å². The molecule has 1 heterocycles. The summed E-state index contributed by atoms with van der Waals surface area (Å²) in [5, 5.41) is 0. The van der Waals surface area contributed by atoms with Gasteiger partial charge in [-0.2, -0.15) is 0 Å². The van der Waals surface area contributed by atoms with Crippen molar-refractivity contribution in [3.63, 3.8) is 0 Å². The molecule has 3 nitrogen and oxygen atoms in total. The molecule has 0 saturated carbocycles. The van der Waals surface area contributed by atoms with Crippen LogP contribution in [0.4, 0.5) is 0 Å². The van der Waals surface area contributed by atoms with Crippen LogP contribution in [0.15, 0.2) is 18.2 Å². The molecule has 18 heavy (non-hydrogen) atoms. The summed E-state index contributed by atoms with van der Waals surface area (Å²) in [4.78, 5) is 7.94. The zero-order chi connectivity index (χ0) is 13.1. The van der Waals surface area contributed by atoms with Gasteiger partial charge in [0.25, 0.3) is 0 Å². The number of benzene rings is 1. The van der Waals surface area contributed by atoms with Crippen molar-refractivity contribution in [1.82, 2.24) is 9.97 Å². The van der Waals surface area contributed by atoms with E-state index in [-0.39, 0.29) is 0 Å². The fourth-order valence-electron chi connectivity index (χ4n) is 2.17. The van der Waals surface area contributed by atoms with E-state index in [0.29, 0.717) is 6.54 Å². The van der Waals surface area contributed by atoms with E-state index in [4.69, 9.17) is 5.73 Å². The number of nitrogens with two attached hydrogens (primary N) is 1. The molecule has 0 amide bonds. The van der Waals surface area contributed by atoms with E-state index in [1.54, 1.807) is 0 Å². The maximum Gasteiger partial charge on any atom is 0.107 e. The number of imidazole rings is 1. The summed E-state index contributed by atoms with van der Waals surface area (Å²) in [6.45, 7) is 7.03. The first kappa shape index (κ1) is 12.8. The van der Waals surface area contributed by atoms with Gasteiger partial charge in [0, 0.05) is 18.5 Å². The minimum absolute atomic E-state index is 0.635. The van der Waals surface area contributed by atoms with E-state index in [1.807, 2.05) is 0 Å². The van der Waals surface area contributed by atoms with Crippen molar-refractivity contribution >= 4 is 0 Å². The smallest absolute Gasteiger partial charge is 0.107 e. The van der Waals surface area contributed by atoms with E-state index in [0.717, 1.165) is 30.1 Å². The number of nitrogens with one attached hydrogen (secondary N) is 1. The lowest BCUT2D eigenvalue weighted by Gasteiger charge is -2.07. The van der Waals surface area contributed by atoms with Gasteiger partial charge < -0.3 is 10.7 Å². The largest absolute Gasteiger partial charge is 0.346 e. The van der Waals surface area contributed by atoms with Gasteiger partial charge in [0.1, 0.15) is 5.82 Å². The molecule has 0 fully saturated rings. The highest BCUT2D eigenvalue weighted by atomic mass is 14.9. The summed E-state index contributed by atoms with van der Waals surface area (Å²) in [5.74, 6) is 0.996. The molecule has 0 aliphatic rings. The van der Waals surface area contributed by atoms with Crippen LogP contribution in [0.5, 0.6) is 0 Å². The molecule has 1 aromatic heterocycles. The van der Waals surface area contributed by atoms with Gasteiger partial charge in [-0.25, -0.2) is 4.98 Å². The molecule has 0 saturated heterocycles. The predicted octanol–water partition coefficient (Wildman–Crippen LogP) is 2.43. The average molecular weight is 243 g/mol. The van der Waals surface area contributed by atoms with Crippen LogP contribution in [-0.2, 0) is 12.8 Å². The lowest BCUT2D eigenvalue weighted by atomic mass is 9.99. The minimum atomic E-state index is 0.635. The van der Waals surface area contributed by atoms with Crippen LogP contribution in [-0.4, -0.2) is 16.5 Å². The molecule has 3 heteroatoms. The number of hydrogen-bond donors (Lipinski definition) is 2. The van der Waals surface area contributed by atoms with Crippen molar-refractivity contribution in [1.29, 1.82) is 0 Å². The van der Waals surface area contributed by atoms with Gasteiger partial charge in [0.2, 0.25) is 0 Å². The number of H-pyrrole nitrogens is 1. The zero-order valence-electron chi connectivity index (χ0n) is 11.4. The molecule has 2 aromatic rings. The minimum Gasteiger partial charge on any atom is -0.346 e. The van der Waals surface area contributed by atoms with Crippen molar-refractivity contribution in [2.75, 3.05) is 6.54 Å². The molecule has 3 N–H and O–H groups in total. The van der Waals surface area contributed by atoms with Crippen LogP contribution in [0.3, 0.4) is 0 Å². The Morgan fingerprint density at radius 2 is 2.00 bits per heavy atom. The van der Waals surface area contributed by atoms with Crippen molar-refractivity contribution in [2.24, 2.45) is 5.73 Å². The second kappa shape index (κ2) is 5.36. The SMILES string of the molecule is Cc1cccc(Cc2nc(CCN)[nH]c2C)c1C. The van der Waals surface area contributed by atoms with Gasteiger partial charge in [-0.3, -0.25) is 0 Å². The van der Waals surface area contributed by atoms with Crippen LogP contribution in [0.1, 0.15) is 33.9 Å². The van der Waals surface area contributed by atoms with Crippen molar-refractivity contribution in [3.05, 3.63) is 52.1 Å². The van der Waals surface area contributed by atoms with E-state index in [9.17, 15) is 0 Å². The molecule has 0 radical (unpaired) electrons. The summed E-state index contributed by atoms with van der Waals surface area (Å²) in [5.41, 5.74) is 11.9. The van der Waals surface area contributed by atoms with Crippen molar-refractivity contribution < 1.29 is 0 Å². The fraction of sp³-hybridized carbons (Fsp3) is 0.400. The van der Waals surface area contributed by atoms with Gasteiger partial charge in [-0.1, -0.05) is 18.2 Å². The normalized spacial score (nSPS) is 10.9. The Balaban J connectivity index is 2.25. The molecule has 0 spiro atoms. The summed E-state index contributed by atoms with van der Waals surface area (Å²) in [6, 6.07) is 6.44. The van der Waals surface area contributed by atoms with Gasteiger partial charge >= 0.3 is 0 Å². The van der Waals surface area contributed by atoms with Gasteiger partial charge in [-0.05, 0) is 44.0 Å². The summed E-state index contributed by atoms with van der Waals surface area (Å²) < 4.78 is 0. The number of rotatable bonds is 4. The topological polar surface area (TPSA) is 54.7 Å². The standard InChI is InChI=1S/C15H21N3/c1-10-5-4-6-13(11(10)2)9-14-12(3)17-15(18-14)7-8-16/h4-6H,7-9,16H2,1-3H3,(H,17,18). The van der Waals surface area contributed by atoms with E-state index >= 15 is 0 Å². The number of aromatic nitrogens is 2. The molecular formula is C15H21N3. The second-order valence-corrected chi connectivity index (χ2v) is 4.83. The molecule has 0 atom stereocenters. The number of aromatic amines is 1. The van der Waals surface area contributed by atoms with Gasteiger partial charge in [-0.15, -0.1) is 0 Å². The van der Waals surface area contributed by atoms with E-state index in [1.165, 1.54) is 16.7 Å². The van der Waals surface area contributed by atoms with Crippen LogP contribution < -0.4 is 5.73 Å². The summed E-state index contributed by atoms with van der Waals surface area (Å²) >= 11 is 0. The highest BCUT2D eigenvalue weighted by Crippen LogP contribution is 2.18. The molecule has 0 bridgehead atoms. The second-order valence-electron chi connectivity index (χ2n) is 4.83. The lowest BCUT2D eigenvalue weighted by molar-refractivity contribution is 0.885. The molecular weight excluding hydrogens is 222 g/mol. The Labute approximate surface area is 108 Å². The maximum absolute atomic E-state index is 5.56. The van der Waals surface area contributed by atoms with Crippen molar-refractivity contribution in [2.45, 2.75) is 33.6 Å². The Kier molecular flexibility index (Phi) is 3.82. The van der Waals surface area contributed by atoms with E-state index < -0.39 is 0 Å². The average Bonchev–Trinajstić information content (AvgIpc) is 2.66. The van der Waals surface area contributed by atoms with Crippen molar-refractivity contribution in [3.8, 4) is 0 Å². The van der Waals surface area contributed by atoms with Gasteiger partial charge in [0.05, 0.1) is 5.69 Å². The Morgan fingerprint density at radius 3 is 2.72 bits per heavy atom. The van der Waals surface area contributed by atoms with Crippen LogP contribution in [0.2, 0.25) is 0 Å². The Morgan fingerprint density at radius 1 is 1.22 bits per heavy atom. The first-order chi connectivity index (χ1) is 8.61. The van der Waals surface area contributed by atoms with E-state index in [2.05, 4.69) is 48.9 Å². The molecule has 0 aliphatic carbocycles. The highest BCUT2D eigenvalue weighted by Gasteiger charge is 2.09. The number of hydrogen-bond acceptors (Lipinski definition) is 2. The Hall–Kier alpha value is -1.61. The monoisotopic (exact) mass is 243 g/mol. The number of aryl methyl sites for hydroxylation is 2. The maximum atomic E-state index is 5.56. The molecule has 0 unspecified atom stereocenters.